The molecule has 2 unspecified atom stereocenters. The number of anilines is 2. The predicted octanol–water partition coefficient (Wildman–Crippen LogP) is 4.72. The van der Waals surface area contributed by atoms with Gasteiger partial charge in [0.25, 0.3) is 0 Å². The molecule has 4 heterocycles. The molecule has 1 aromatic heterocycles. The summed E-state index contributed by atoms with van der Waals surface area (Å²) in [5.74, 6) is 0.986. The van der Waals surface area contributed by atoms with Crippen LogP contribution in [0.25, 0.3) is 0 Å². The fourth-order valence-corrected chi connectivity index (χ4v) is 7.36. The van der Waals surface area contributed by atoms with Crippen molar-refractivity contribution in [3.63, 3.8) is 0 Å². The molecule has 0 spiro atoms. The van der Waals surface area contributed by atoms with E-state index in [9.17, 15) is 4.79 Å². The number of nitrogens with zero attached hydrogens (tertiary/aromatic N) is 6. The Labute approximate surface area is 260 Å². The number of piperazine rings is 1. The second kappa shape index (κ2) is 13.0. The highest BCUT2D eigenvalue weighted by Gasteiger charge is 2.33. The molecular weight excluding hydrogens is 552 g/mol. The van der Waals surface area contributed by atoms with Gasteiger partial charge >= 0.3 is 12.1 Å². The predicted molar refractivity (Wildman–Crippen MR) is 172 cm³/mol. The summed E-state index contributed by atoms with van der Waals surface area (Å²) in [5.41, 5.74) is 6.20. The Morgan fingerprint density at radius 1 is 0.886 bits per heavy atom. The fraction of sp³-hybridized carbons (Fsp3) is 0.514. The topological polar surface area (TPSA) is 74.3 Å². The monoisotopic (exact) mass is 596 g/mol. The minimum absolute atomic E-state index is 0.257. The van der Waals surface area contributed by atoms with E-state index in [0.29, 0.717) is 57.5 Å². The molecule has 2 atom stereocenters. The van der Waals surface area contributed by atoms with Gasteiger partial charge in [0.1, 0.15) is 19.0 Å². The molecule has 1 aliphatic carbocycles. The number of benzene rings is 2. The summed E-state index contributed by atoms with van der Waals surface area (Å²) in [6.07, 6.45) is 7.36. The Bertz CT molecular complexity index is 1440. The van der Waals surface area contributed by atoms with Gasteiger partial charge < -0.3 is 29.1 Å². The summed E-state index contributed by atoms with van der Waals surface area (Å²) in [7, 11) is 2.17. The molecule has 9 nitrogen and oxygen atoms in total. The van der Waals surface area contributed by atoms with Gasteiger partial charge in [-0.15, -0.1) is 0 Å². The number of rotatable bonds is 7. The van der Waals surface area contributed by atoms with Gasteiger partial charge in [0.15, 0.2) is 0 Å². The van der Waals surface area contributed by atoms with Crippen LogP contribution in [-0.4, -0.2) is 90.9 Å². The SMILES string of the molecule is CN1CCCC1COc1nc2c(c(N3CCN(C(=O)OCc4ccccc4)CC3)n1)CCC(N1CCCc3ccccc31)C2. The van der Waals surface area contributed by atoms with Crippen LogP contribution in [-0.2, 0) is 30.6 Å². The van der Waals surface area contributed by atoms with E-state index in [1.54, 1.807) is 0 Å². The lowest BCUT2D eigenvalue weighted by Gasteiger charge is -2.41. The first-order valence-electron chi connectivity index (χ1n) is 16.4. The fourth-order valence-electron chi connectivity index (χ4n) is 7.36. The van der Waals surface area contributed by atoms with Crippen molar-refractivity contribution in [3.05, 3.63) is 77.0 Å². The average Bonchev–Trinajstić information content (AvgIpc) is 3.50. The minimum atomic E-state index is -0.257. The maximum atomic E-state index is 12.8. The van der Waals surface area contributed by atoms with Crippen LogP contribution in [0.15, 0.2) is 54.6 Å². The molecule has 7 rings (SSSR count). The molecule has 4 aliphatic rings. The van der Waals surface area contributed by atoms with Gasteiger partial charge in [0.2, 0.25) is 0 Å². The van der Waals surface area contributed by atoms with Crippen LogP contribution in [0.1, 0.15) is 48.1 Å². The van der Waals surface area contributed by atoms with Crippen LogP contribution in [0, 0.1) is 0 Å². The zero-order valence-corrected chi connectivity index (χ0v) is 25.9. The first-order chi connectivity index (χ1) is 21.6. The number of hydrogen-bond donors (Lipinski definition) is 0. The molecule has 2 aromatic carbocycles. The molecule has 44 heavy (non-hydrogen) atoms. The molecule has 0 bridgehead atoms. The normalized spacial score (nSPS) is 22.0. The smallest absolute Gasteiger partial charge is 0.410 e. The summed E-state index contributed by atoms with van der Waals surface area (Å²) in [4.78, 5) is 32.1. The van der Waals surface area contributed by atoms with Crippen molar-refractivity contribution in [2.24, 2.45) is 0 Å². The largest absolute Gasteiger partial charge is 0.462 e. The molecule has 9 heteroatoms. The van der Waals surface area contributed by atoms with Gasteiger partial charge in [0, 0.05) is 62.5 Å². The average molecular weight is 597 g/mol. The third-order valence-electron chi connectivity index (χ3n) is 9.91. The molecule has 3 aliphatic heterocycles. The van der Waals surface area contributed by atoms with Crippen LogP contribution in [0.2, 0.25) is 0 Å². The second-order valence-corrected chi connectivity index (χ2v) is 12.7. The second-order valence-electron chi connectivity index (χ2n) is 12.7. The first kappa shape index (κ1) is 28.9. The maximum absolute atomic E-state index is 12.8. The standard InChI is InChI=1S/C35H44N6O3/c1-38-17-8-13-29(38)25-43-34-36-31-23-28(41-18-7-12-27-11-5-6-14-32(27)41)15-16-30(31)33(37-34)39-19-21-40(22-20-39)35(42)44-24-26-9-3-2-4-10-26/h2-6,9-11,14,28-29H,7-8,12-13,15-25H2,1H3. The van der Waals surface area contributed by atoms with E-state index < -0.39 is 0 Å². The zero-order valence-electron chi connectivity index (χ0n) is 25.9. The van der Waals surface area contributed by atoms with Crippen molar-refractivity contribution in [1.82, 2.24) is 19.8 Å². The highest BCUT2D eigenvalue weighted by atomic mass is 16.6. The Kier molecular flexibility index (Phi) is 8.55. The lowest BCUT2D eigenvalue weighted by atomic mass is 9.88. The third kappa shape index (κ3) is 6.20. The first-order valence-corrected chi connectivity index (χ1v) is 16.4. The number of likely N-dealkylation sites (N-methyl/N-ethyl adjacent to an activating group) is 1. The van der Waals surface area contributed by atoms with Gasteiger partial charge in [-0.25, -0.2) is 4.79 Å². The summed E-state index contributed by atoms with van der Waals surface area (Å²) in [6, 6.07) is 20.0. The highest BCUT2D eigenvalue weighted by Crippen LogP contribution is 2.36. The quantitative estimate of drug-likeness (QED) is 0.388. The van der Waals surface area contributed by atoms with Gasteiger partial charge in [-0.3, -0.25) is 0 Å². The number of fused-ring (bicyclic) bond motifs is 2. The van der Waals surface area contributed by atoms with E-state index in [-0.39, 0.29) is 6.09 Å². The molecule has 0 saturated carbocycles. The number of carbonyl (C=O) groups is 1. The maximum Gasteiger partial charge on any atom is 0.410 e. The van der Waals surface area contributed by atoms with Crippen LogP contribution in [0.5, 0.6) is 6.01 Å². The van der Waals surface area contributed by atoms with Crippen molar-refractivity contribution in [1.29, 1.82) is 0 Å². The van der Waals surface area contributed by atoms with Gasteiger partial charge in [-0.2, -0.15) is 9.97 Å². The summed E-state index contributed by atoms with van der Waals surface area (Å²) < 4.78 is 12.0. The van der Waals surface area contributed by atoms with Crippen LogP contribution < -0.4 is 14.5 Å². The van der Waals surface area contributed by atoms with Gasteiger partial charge in [-0.1, -0.05) is 48.5 Å². The van der Waals surface area contributed by atoms with Crippen LogP contribution in [0.4, 0.5) is 16.3 Å². The van der Waals surface area contributed by atoms with Crippen molar-refractivity contribution in [2.45, 2.75) is 63.6 Å². The molecule has 0 N–H and O–H groups in total. The van der Waals surface area contributed by atoms with Crippen molar-refractivity contribution >= 4 is 17.6 Å². The lowest BCUT2D eigenvalue weighted by Crippen LogP contribution is -2.50. The number of likely N-dealkylation sites (tertiary alicyclic amines) is 1. The Morgan fingerprint density at radius 3 is 2.52 bits per heavy atom. The third-order valence-corrected chi connectivity index (χ3v) is 9.91. The number of carbonyl (C=O) groups excluding carboxylic acids is 1. The van der Waals surface area contributed by atoms with Crippen molar-refractivity contribution in [3.8, 4) is 6.01 Å². The Morgan fingerprint density at radius 2 is 1.70 bits per heavy atom. The number of ether oxygens (including phenoxy) is 2. The van der Waals surface area contributed by atoms with Crippen molar-refractivity contribution < 1.29 is 14.3 Å². The summed E-state index contributed by atoms with van der Waals surface area (Å²) >= 11 is 0. The molecule has 3 aromatic rings. The van der Waals surface area contributed by atoms with E-state index in [4.69, 9.17) is 19.4 Å². The lowest BCUT2D eigenvalue weighted by molar-refractivity contribution is 0.0941. The van der Waals surface area contributed by atoms with Crippen molar-refractivity contribution in [2.75, 3.05) is 62.7 Å². The molecular formula is C35H44N6O3. The number of amides is 1. The van der Waals surface area contributed by atoms with Gasteiger partial charge in [0.05, 0.1) is 5.69 Å². The molecule has 232 valence electrons. The minimum Gasteiger partial charge on any atom is -0.462 e. The Balaban J connectivity index is 1.08. The zero-order chi connectivity index (χ0) is 29.9. The van der Waals surface area contributed by atoms with Crippen LogP contribution in [0.3, 0.4) is 0 Å². The van der Waals surface area contributed by atoms with E-state index in [0.717, 1.165) is 62.3 Å². The van der Waals surface area contributed by atoms with E-state index in [2.05, 4.69) is 46.0 Å². The van der Waals surface area contributed by atoms with Crippen LogP contribution >= 0.6 is 0 Å². The van der Waals surface area contributed by atoms with E-state index in [1.165, 1.54) is 29.7 Å². The Hall–Kier alpha value is -3.85. The number of hydrogen-bond acceptors (Lipinski definition) is 8. The molecule has 0 radical (unpaired) electrons. The number of aromatic nitrogens is 2. The highest BCUT2D eigenvalue weighted by molar-refractivity contribution is 5.68. The summed E-state index contributed by atoms with van der Waals surface area (Å²) in [5, 5.41) is 0. The number of aryl methyl sites for hydroxylation is 1. The van der Waals surface area contributed by atoms with Gasteiger partial charge in [-0.05, 0) is 69.3 Å². The molecule has 2 saturated heterocycles. The summed E-state index contributed by atoms with van der Waals surface area (Å²) in [6.45, 7) is 5.72. The molecule has 1 amide bonds. The van der Waals surface area contributed by atoms with E-state index >= 15 is 0 Å². The number of para-hydroxylation sites is 1. The molecule has 2 fully saturated rings. The van der Waals surface area contributed by atoms with E-state index in [1.807, 2.05) is 35.2 Å².